The molecule has 0 aromatic carbocycles. The second-order valence-electron chi connectivity index (χ2n) is 4.93. The van der Waals surface area contributed by atoms with E-state index >= 15 is 0 Å². The van der Waals surface area contributed by atoms with Gasteiger partial charge in [0.1, 0.15) is 19.9 Å². The molecule has 0 spiro atoms. The van der Waals surface area contributed by atoms with Gasteiger partial charge in [-0.3, -0.25) is 0 Å². The molecule has 0 aliphatic carbocycles. The quantitative estimate of drug-likeness (QED) is 0.751. The van der Waals surface area contributed by atoms with Gasteiger partial charge in [-0.05, 0) is 0 Å². The van der Waals surface area contributed by atoms with Gasteiger partial charge in [-0.25, -0.2) is 9.13 Å². The van der Waals surface area contributed by atoms with Crippen molar-refractivity contribution in [1.29, 1.82) is 0 Å². The summed E-state index contributed by atoms with van der Waals surface area (Å²) in [5.74, 6) is 0. The van der Waals surface area contributed by atoms with Gasteiger partial charge in [-0.15, -0.1) is 0 Å². The number of rotatable bonds is 6. The highest BCUT2D eigenvalue weighted by Gasteiger charge is 1.94. The van der Waals surface area contributed by atoms with Gasteiger partial charge in [0.2, 0.25) is 0 Å². The van der Waals surface area contributed by atoms with Gasteiger partial charge < -0.3 is 4.79 Å². The van der Waals surface area contributed by atoms with E-state index < -0.39 is 0 Å². The number of carbonyl (C=O) groups excluding carboxylic acids is 1. The van der Waals surface area contributed by atoms with Gasteiger partial charge in [0, 0.05) is 37.1 Å². The summed E-state index contributed by atoms with van der Waals surface area (Å²) in [6.07, 6.45) is 13.5. The van der Waals surface area contributed by atoms with E-state index in [9.17, 15) is 0 Å². The molecule has 2 aromatic heterocycles. The van der Waals surface area contributed by atoms with Crippen LogP contribution in [0.25, 0.3) is 0 Å². The standard InChI is InChI=1S/2C9H14N.CH2O/c2*1-2-3-7-10-8-5-4-6-9-10;1-2/h2*4-6,8-9H,2-3,7H2,1H3;1H2/q2*+1;. The second-order valence-corrected chi connectivity index (χ2v) is 4.93. The predicted octanol–water partition coefficient (Wildman–Crippen LogP) is 3.36. The molecule has 0 amide bonds. The number of carbonyl (C=O) groups is 1. The highest BCUT2D eigenvalue weighted by atomic mass is 16.1. The lowest BCUT2D eigenvalue weighted by molar-refractivity contribution is -0.697. The maximum absolute atomic E-state index is 8.00. The van der Waals surface area contributed by atoms with Gasteiger partial charge in [-0.1, -0.05) is 38.8 Å². The number of nitrogens with zero attached hydrogens (tertiary/aromatic N) is 2. The molecule has 120 valence electrons. The molecule has 0 bridgehead atoms. The van der Waals surface area contributed by atoms with E-state index in [1.807, 2.05) is 18.9 Å². The lowest BCUT2D eigenvalue weighted by atomic mass is 10.3. The molecule has 0 fully saturated rings. The van der Waals surface area contributed by atoms with Crippen LogP contribution < -0.4 is 9.13 Å². The Kier molecular flexibility index (Phi) is 13.9. The summed E-state index contributed by atoms with van der Waals surface area (Å²) in [4.78, 5) is 8.00. The van der Waals surface area contributed by atoms with Gasteiger partial charge in [0.15, 0.2) is 24.8 Å². The van der Waals surface area contributed by atoms with E-state index in [4.69, 9.17) is 4.79 Å². The Morgan fingerprint density at radius 2 is 0.955 bits per heavy atom. The monoisotopic (exact) mass is 302 g/mol. The zero-order chi connectivity index (χ0) is 16.5. The summed E-state index contributed by atoms with van der Waals surface area (Å²) in [5, 5.41) is 0. The molecule has 0 aliphatic rings. The van der Waals surface area contributed by atoms with Crippen molar-refractivity contribution in [2.45, 2.75) is 52.6 Å². The average molecular weight is 302 g/mol. The van der Waals surface area contributed by atoms with Crippen molar-refractivity contribution in [3.05, 3.63) is 61.2 Å². The third kappa shape index (κ3) is 10.7. The zero-order valence-electron chi connectivity index (χ0n) is 14.0. The maximum atomic E-state index is 8.00. The fourth-order valence-corrected chi connectivity index (χ4v) is 1.85. The molecule has 2 aromatic rings. The van der Waals surface area contributed by atoms with Crippen LogP contribution in [0.3, 0.4) is 0 Å². The van der Waals surface area contributed by atoms with Crippen molar-refractivity contribution in [2.75, 3.05) is 0 Å². The van der Waals surface area contributed by atoms with Crippen molar-refractivity contribution in [1.82, 2.24) is 0 Å². The van der Waals surface area contributed by atoms with E-state index in [-0.39, 0.29) is 0 Å². The van der Waals surface area contributed by atoms with Crippen molar-refractivity contribution in [2.24, 2.45) is 0 Å². The topological polar surface area (TPSA) is 24.8 Å². The molecule has 0 N–H and O–H groups in total. The molecule has 0 aliphatic heterocycles. The van der Waals surface area contributed by atoms with E-state index in [0.717, 1.165) is 13.1 Å². The minimum atomic E-state index is 1.15. The van der Waals surface area contributed by atoms with E-state index in [1.165, 1.54) is 25.7 Å². The first-order valence-corrected chi connectivity index (χ1v) is 8.03. The SMILES string of the molecule is C=O.CCCC[n+]1ccccc1.CCCC[n+]1ccccc1. The van der Waals surface area contributed by atoms with Crippen molar-refractivity contribution in [3.63, 3.8) is 0 Å². The van der Waals surface area contributed by atoms with Crippen LogP contribution in [-0.2, 0) is 17.9 Å². The molecule has 0 saturated carbocycles. The summed E-state index contributed by atoms with van der Waals surface area (Å²) >= 11 is 0. The van der Waals surface area contributed by atoms with Crippen molar-refractivity contribution in [3.8, 4) is 0 Å². The first-order chi connectivity index (χ1) is 10.9. The highest BCUT2D eigenvalue weighted by Crippen LogP contribution is 1.86. The molecule has 0 radical (unpaired) electrons. The molecular weight excluding hydrogens is 272 g/mol. The van der Waals surface area contributed by atoms with Gasteiger partial charge in [0.25, 0.3) is 0 Å². The Morgan fingerprint density at radius 1 is 0.636 bits per heavy atom. The summed E-state index contributed by atoms with van der Waals surface area (Å²) in [7, 11) is 0. The number of pyridine rings is 2. The minimum Gasteiger partial charge on any atom is -0.307 e. The minimum absolute atomic E-state index is 1.15. The van der Waals surface area contributed by atoms with Crippen LogP contribution in [0.2, 0.25) is 0 Å². The second kappa shape index (κ2) is 15.4. The maximum Gasteiger partial charge on any atom is 0.168 e. The van der Waals surface area contributed by atoms with Crippen LogP contribution in [0.15, 0.2) is 61.2 Å². The third-order valence-electron chi connectivity index (χ3n) is 3.09. The number of aromatic nitrogens is 2. The molecule has 0 atom stereocenters. The van der Waals surface area contributed by atoms with E-state index in [2.05, 4.69) is 72.0 Å². The molecule has 2 rings (SSSR count). The molecule has 0 saturated heterocycles. The fraction of sp³-hybridized carbons (Fsp3) is 0.421. The largest absolute Gasteiger partial charge is 0.307 e. The first kappa shape index (κ1) is 20.0. The lowest BCUT2D eigenvalue weighted by Crippen LogP contribution is -2.31. The Hall–Kier alpha value is -2.03. The Labute approximate surface area is 135 Å². The highest BCUT2D eigenvalue weighted by molar-refractivity contribution is 5.11. The molecular formula is C19H30N2O+2. The number of unbranched alkanes of at least 4 members (excludes halogenated alkanes) is 2. The van der Waals surface area contributed by atoms with Crippen molar-refractivity contribution < 1.29 is 13.9 Å². The van der Waals surface area contributed by atoms with Gasteiger partial charge in [-0.2, -0.15) is 0 Å². The summed E-state index contributed by atoms with van der Waals surface area (Å²) in [6, 6.07) is 12.3. The van der Waals surface area contributed by atoms with Crippen LogP contribution in [-0.4, -0.2) is 6.79 Å². The van der Waals surface area contributed by atoms with Gasteiger partial charge in [0.05, 0.1) is 0 Å². The first-order valence-electron chi connectivity index (χ1n) is 8.03. The summed E-state index contributed by atoms with van der Waals surface area (Å²) < 4.78 is 4.42. The predicted molar refractivity (Wildman–Crippen MR) is 90.2 cm³/mol. The fourth-order valence-electron chi connectivity index (χ4n) is 1.85. The Balaban J connectivity index is 0.000000360. The normalized spacial score (nSPS) is 9.00. The number of aryl methyl sites for hydroxylation is 2. The van der Waals surface area contributed by atoms with E-state index in [1.54, 1.807) is 0 Å². The average Bonchev–Trinajstić information content (AvgIpc) is 2.62. The lowest BCUT2D eigenvalue weighted by Gasteiger charge is -1.91. The summed E-state index contributed by atoms with van der Waals surface area (Å²) in [6.45, 7) is 8.72. The van der Waals surface area contributed by atoms with Crippen LogP contribution >= 0.6 is 0 Å². The zero-order valence-corrected chi connectivity index (χ0v) is 14.0. The van der Waals surface area contributed by atoms with Crippen LogP contribution in [0.4, 0.5) is 0 Å². The van der Waals surface area contributed by atoms with E-state index in [0.29, 0.717) is 0 Å². The number of hydrogen-bond donors (Lipinski definition) is 0. The van der Waals surface area contributed by atoms with Gasteiger partial charge >= 0.3 is 0 Å². The molecule has 3 nitrogen and oxygen atoms in total. The summed E-state index contributed by atoms with van der Waals surface area (Å²) in [5.41, 5.74) is 0. The molecule has 2 heterocycles. The van der Waals surface area contributed by atoms with Crippen LogP contribution in [0, 0.1) is 0 Å². The molecule has 3 heteroatoms. The smallest absolute Gasteiger partial charge is 0.168 e. The Morgan fingerprint density at radius 3 is 1.23 bits per heavy atom. The molecule has 0 unspecified atom stereocenters. The Bertz CT molecular complexity index is 402. The van der Waals surface area contributed by atoms with Crippen LogP contribution in [0.5, 0.6) is 0 Å². The molecule has 22 heavy (non-hydrogen) atoms. The van der Waals surface area contributed by atoms with Crippen molar-refractivity contribution >= 4 is 6.79 Å². The van der Waals surface area contributed by atoms with Crippen LogP contribution in [0.1, 0.15) is 39.5 Å². The number of hydrogen-bond acceptors (Lipinski definition) is 1. The third-order valence-corrected chi connectivity index (χ3v) is 3.09.